The number of rotatable bonds is 9. The van der Waals surface area contributed by atoms with Crippen LogP contribution in [0.5, 0.6) is 0 Å². The van der Waals surface area contributed by atoms with Crippen LogP contribution in [0.3, 0.4) is 0 Å². The van der Waals surface area contributed by atoms with Crippen LogP contribution in [0.1, 0.15) is 92.8 Å². The van der Waals surface area contributed by atoms with E-state index in [1.807, 2.05) is 0 Å². The summed E-state index contributed by atoms with van der Waals surface area (Å²) in [4.78, 5) is 0. The molecule has 0 saturated heterocycles. The zero-order valence-electron chi connectivity index (χ0n) is 30.0. The number of fused-ring (bicyclic) bond motifs is 4. The summed E-state index contributed by atoms with van der Waals surface area (Å²) >= 11 is 0. The molecule has 0 heterocycles. The Kier molecular flexibility index (Phi) is 8.32. The molecule has 0 amide bonds. The Labute approximate surface area is 309 Å². The predicted octanol–water partition coefficient (Wildman–Crippen LogP) is 12.9. The van der Waals surface area contributed by atoms with E-state index in [2.05, 4.69) is 202 Å². The largest absolute Gasteiger partial charge is 0.0751 e. The van der Waals surface area contributed by atoms with Crippen molar-refractivity contribution in [2.45, 2.75) is 49.9 Å². The fraction of sp³-hybridized carbons (Fsp3) is 0.154. The Morgan fingerprint density at radius 3 is 1.42 bits per heavy atom. The van der Waals surface area contributed by atoms with Gasteiger partial charge in [-0.05, 0) is 91.1 Å². The molecule has 0 radical (unpaired) electrons. The molecule has 0 bridgehead atoms. The van der Waals surface area contributed by atoms with Crippen molar-refractivity contribution >= 4 is 6.08 Å². The molecule has 9 rings (SSSR count). The molecular formula is C52H44. The molecule has 2 aliphatic rings. The van der Waals surface area contributed by atoms with Gasteiger partial charge in [-0.15, -0.1) is 0 Å². The van der Waals surface area contributed by atoms with E-state index in [0.717, 1.165) is 12.8 Å². The summed E-state index contributed by atoms with van der Waals surface area (Å²) in [5.74, 6) is 0.623. The molecule has 7 aromatic rings. The fourth-order valence-electron chi connectivity index (χ4n) is 9.46. The molecule has 0 saturated carbocycles. The van der Waals surface area contributed by atoms with Gasteiger partial charge in [0, 0.05) is 17.3 Å². The third kappa shape index (κ3) is 5.46. The second-order valence-corrected chi connectivity index (χ2v) is 15.0. The Bertz CT molecular complexity index is 2230. The molecule has 0 spiro atoms. The van der Waals surface area contributed by atoms with Gasteiger partial charge in [-0.3, -0.25) is 0 Å². The standard InChI is InChI=1S/C52H44/c1-36(2)43-24-15-25-47-44(43)30-31-50(47)52(41-20-11-5-12-21-41,42-22-13-6-14-23-42)51-48-34-39(32-37-16-7-3-8-17-37)26-28-45(48)46-29-27-40(35-49(46)51)33-38-18-9-4-10-19-38/h3-31,34-36,50-51H,32-33H2,1-2H3. The lowest BCUT2D eigenvalue weighted by Crippen LogP contribution is -2.40. The smallest absolute Gasteiger partial charge is 0.0415 e. The van der Waals surface area contributed by atoms with Crippen molar-refractivity contribution in [1.82, 2.24) is 0 Å². The van der Waals surface area contributed by atoms with Gasteiger partial charge in [-0.1, -0.05) is 202 Å². The van der Waals surface area contributed by atoms with Crippen molar-refractivity contribution in [2.24, 2.45) is 0 Å². The maximum atomic E-state index is 2.55. The van der Waals surface area contributed by atoms with Crippen LogP contribution in [0.2, 0.25) is 0 Å². The van der Waals surface area contributed by atoms with Gasteiger partial charge in [0.2, 0.25) is 0 Å². The van der Waals surface area contributed by atoms with Gasteiger partial charge in [0.25, 0.3) is 0 Å². The highest BCUT2D eigenvalue weighted by molar-refractivity contribution is 5.83. The minimum Gasteiger partial charge on any atom is -0.0751 e. The minimum absolute atomic E-state index is 0.0667. The Hall–Kier alpha value is -5.72. The zero-order valence-corrected chi connectivity index (χ0v) is 30.0. The molecule has 1 unspecified atom stereocenters. The van der Waals surface area contributed by atoms with Gasteiger partial charge in [0.1, 0.15) is 0 Å². The Morgan fingerprint density at radius 1 is 0.462 bits per heavy atom. The van der Waals surface area contributed by atoms with Gasteiger partial charge < -0.3 is 0 Å². The van der Waals surface area contributed by atoms with Gasteiger partial charge >= 0.3 is 0 Å². The molecule has 52 heavy (non-hydrogen) atoms. The monoisotopic (exact) mass is 668 g/mol. The molecule has 2 aliphatic carbocycles. The van der Waals surface area contributed by atoms with Gasteiger partial charge in [0.15, 0.2) is 0 Å². The van der Waals surface area contributed by atoms with Crippen LogP contribution in [-0.4, -0.2) is 0 Å². The lowest BCUT2D eigenvalue weighted by Gasteiger charge is -2.46. The first-order chi connectivity index (χ1) is 25.6. The second kappa shape index (κ2) is 13.4. The summed E-state index contributed by atoms with van der Waals surface area (Å²) in [6.45, 7) is 4.65. The number of benzene rings is 7. The summed E-state index contributed by atoms with van der Waals surface area (Å²) in [6, 6.07) is 66.4. The van der Waals surface area contributed by atoms with E-state index < -0.39 is 5.41 Å². The summed E-state index contributed by atoms with van der Waals surface area (Å²) in [5.41, 5.74) is 17.5. The van der Waals surface area contributed by atoms with E-state index in [0.29, 0.717) is 5.92 Å². The Balaban J connectivity index is 1.34. The number of allylic oxidation sites excluding steroid dienone is 1. The van der Waals surface area contributed by atoms with Crippen molar-refractivity contribution < 1.29 is 0 Å². The third-order valence-electron chi connectivity index (χ3n) is 11.7. The summed E-state index contributed by atoms with van der Waals surface area (Å²) in [6.07, 6.45) is 6.79. The SMILES string of the molecule is CC(C)c1cccc2c1C=CC2C(c1ccccc1)(c1ccccc1)C1c2cc(Cc3ccccc3)ccc2-c2ccc(Cc3ccccc3)cc21. The molecule has 252 valence electrons. The van der Waals surface area contributed by atoms with E-state index in [1.54, 1.807) is 0 Å². The van der Waals surface area contributed by atoms with Crippen LogP contribution < -0.4 is 0 Å². The quantitative estimate of drug-likeness (QED) is 0.144. The van der Waals surface area contributed by atoms with Gasteiger partial charge in [-0.2, -0.15) is 0 Å². The Morgan fingerprint density at radius 2 is 0.942 bits per heavy atom. The summed E-state index contributed by atoms with van der Waals surface area (Å²) < 4.78 is 0. The van der Waals surface area contributed by atoms with Crippen LogP contribution in [0.4, 0.5) is 0 Å². The molecule has 0 N–H and O–H groups in total. The topological polar surface area (TPSA) is 0 Å². The normalized spacial score (nSPS) is 14.7. The minimum atomic E-state index is -0.434. The van der Waals surface area contributed by atoms with Crippen molar-refractivity contribution in [1.29, 1.82) is 0 Å². The first kappa shape index (κ1) is 32.2. The molecule has 0 heteroatoms. The molecule has 0 fully saturated rings. The first-order valence-corrected chi connectivity index (χ1v) is 18.9. The van der Waals surface area contributed by atoms with E-state index >= 15 is 0 Å². The predicted molar refractivity (Wildman–Crippen MR) is 218 cm³/mol. The van der Waals surface area contributed by atoms with E-state index in [9.17, 15) is 0 Å². The average molecular weight is 669 g/mol. The van der Waals surface area contributed by atoms with Crippen LogP contribution in [0, 0.1) is 0 Å². The maximum absolute atomic E-state index is 2.55. The molecule has 7 aromatic carbocycles. The molecule has 0 nitrogen and oxygen atoms in total. The highest BCUT2D eigenvalue weighted by Gasteiger charge is 2.53. The van der Waals surface area contributed by atoms with E-state index in [-0.39, 0.29) is 11.8 Å². The lowest BCUT2D eigenvalue weighted by atomic mass is 9.55. The van der Waals surface area contributed by atoms with Crippen molar-refractivity contribution in [3.8, 4) is 11.1 Å². The first-order valence-electron chi connectivity index (χ1n) is 18.9. The highest BCUT2D eigenvalue weighted by atomic mass is 14.5. The summed E-state index contributed by atoms with van der Waals surface area (Å²) in [7, 11) is 0. The second-order valence-electron chi connectivity index (χ2n) is 15.0. The zero-order chi connectivity index (χ0) is 35.1. The number of hydrogen-bond acceptors (Lipinski definition) is 0. The molecular weight excluding hydrogens is 625 g/mol. The van der Waals surface area contributed by atoms with Crippen LogP contribution in [0.15, 0.2) is 182 Å². The number of hydrogen-bond donors (Lipinski definition) is 0. The van der Waals surface area contributed by atoms with Crippen molar-refractivity contribution in [3.05, 3.63) is 243 Å². The lowest BCUT2D eigenvalue weighted by molar-refractivity contribution is 0.416. The van der Waals surface area contributed by atoms with Gasteiger partial charge in [0.05, 0.1) is 0 Å². The maximum Gasteiger partial charge on any atom is 0.0415 e. The van der Waals surface area contributed by atoms with Crippen molar-refractivity contribution in [3.63, 3.8) is 0 Å². The van der Waals surface area contributed by atoms with E-state index in [1.165, 1.54) is 72.3 Å². The third-order valence-corrected chi connectivity index (χ3v) is 11.7. The highest BCUT2D eigenvalue weighted by Crippen LogP contribution is 2.63. The van der Waals surface area contributed by atoms with Crippen LogP contribution in [-0.2, 0) is 18.3 Å². The van der Waals surface area contributed by atoms with Crippen LogP contribution >= 0.6 is 0 Å². The van der Waals surface area contributed by atoms with Crippen LogP contribution in [0.25, 0.3) is 17.2 Å². The summed E-state index contributed by atoms with van der Waals surface area (Å²) in [5, 5.41) is 0. The van der Waals surface area contributed by atoms with Crippen molar-refractivity contribution in [2.75, 3.05) is 0 Å². The van der Waals surface area contributed by atoms with Gasteiger partial charge in [-0.25, -0.2) is 0 Å². The molecule has 1 atom stereocenters. The molecule has 0 aliphatic heterocycles. The molecule has 0 aromatic heterocycles. The fourth-order valence-corrected chi connectivity index (χ4v) is 9.46. The van der Waals surface area contributed by atoms with E-state index in [4.69, 9.17) is 0 Å². The average Bonchev–Trinajstić information content (AvgIpc) is 3.77.